The first-order valence-corrected chi connectivity index (χ1v) is 19.0. The zero-order valence-corrected chi connectivity index (χ0v) is 34.9. The van der Waals surface area contributed by atoms with Crippen LogP contribution < -0.4 is 32.3 Å². The fourth-order valence-electron chi connectivity index (χ4n) is 4.55. The lowest BCUT2D eigenvalue weighted by Crippen LogP contribution is -2.47. The van der Waals surface area contributed by atoms with Gasteiger partial charge >= 0.3 is 18.0 Å². The van der Waals surface area contributed by atoms with Gasteiger partial charge in [0, 0.05) is 38.8 Å². The Labute approximate surface area is 336 Å². The fraction of sp³-hybridized carbons (Fsp3) is 0.667. The molecule has 0 aliphatic rings. The van der Waals surface area contributed by atoms with Gasteiger partial charge in [0.15, 0.2) is 11.6 Å². The largest absolute Gasteiger partial charge is 0.480 e. The smallest absolute Gasteiger partial charge is 0.408 e. The second-order valence-corrected chi connectivity index (χ2v) is 14.9. The predicted octanol–water partition coefficient (Wildman–Crippen LogP) is 2.27. The number of carboxylic acid groups (broad SMARTS) is 1. The molecule has 5 amide bonds. The number of carboxylic acids is 1. The molecule has 18 nitrogen and oxygen atoms in total. The van der Waals surface area contributed by atoms with Crippen LogP contribution in [-0.4, -0.2) is 107 Å². The number of esters is 1. The molecule has 0 saturated carbocycles. The number of hydrogen-bond donors (Lipinski definition) is 7. The SMILES string of the molecule is C=CC(=O)NCCCC(=O)C(CC)NC(=O)CCC(N)C(=O)O.C=CC(=O)NCCCC(=O)C(CC)NC(=O)CCC(NC(=O)OC(C)(C)C)C(=O)OC(C)(C)C. The van der Waals surface area contributed by atoms with Crippen molar-refractivity contribution < 1.29 is 57.7 Å². The van der Waals surface area contributed by atoms with Crippen molar-refractivity contribution in [2.75, 3.05) is 13.1 Å². The quantitative estimate of drug-likeness (QED) is 0.0397. The molecule has 0 aromatic heterocycles. The highest BCUT2D eigenvalue weighted by Gasteiger charge is 2.30. The van der Waals surface area contributed by atoms with Gasteiger partial charge in [0.2, 0.25) is 23.6 Å². The van der Waals surface area contributed by atoms with Crippen molar-refractivity contribution in [3.8, 4) is 0 Å². The highest BCUT2D eigenvalue weighted by atomic mass is 16.6. The molecule has 8 N–H and O–H groups in total. The molecule has 0 heterocycles. The maximum absolute atomic E-state index is 12.6. The summed E-state index contributed by atoms with van der Waals surface area (Å²) < 4.78 is 10.6. The Morgan fingerprint density at radius 2 is 1.04 bits per heavy atom. The molecule has 0 aliphatic carbocycles. The van der Waals surface area contributed by atoms with Gasteiger partial charge in [-0.25, -0.2) is 9.59 Å². The molecule has 0 aromatic carbocycles. The summed E-state index contributed by atoms with van der Waals surface area (Å²) in [5, 5.41) is 21.5. The summed E-state index contributed by atoms with van der Waals surface area (Å²) in [6.07, 6.45) is 3.49. The first-order chi connectivity index (χ1) is 26.4. The van der Waals surface area contributed by atoms with Crippen molar-refractivity contribution in [3.05, 3.63) is 25.3 Å². The van der Waals surface area contributed by atoms with Gasteiger partial charge in [-0.15, -0.1) is 0 Å². The standard InChI is InChI=1S/C24H41N3O7.C15H25N3O5/c1-9-16(18(28)12-11-15-25-19(29)10-2)26-20(30)14-13-17(21(31)33-23(3,4)5)27-22(32)34-24(6,7)8;1-3-11(12(19)6-5-9-17-13(20)4-2)18-14(21)8-7-10(16)15(22)23/h10,16-17H,2,9,11-15H2,1,3-8H3,(H,25,29)(H,26,30)(H,27,32);4,10-11H,2-3,5-9,16H2,1H3,(H,17,20)(H,18,21)(H,22,23). The maximum atomic E-state index is 12.6. The molecular weight excluding hydrogens is 744 g/mol. The van der Waals surface area contributed by atoms with Crippen LogP contribution in [-0.2, 0) is 47.8 Å². The summed E-state index contributed by atoms with van der Waals surface area (Å²) in [6, 6.07) is -3.48. The monoisotopic (exact) mass is 810 g/mol. The van der Waals surface area contributed by atoms with Crippen molar-refractivity contribution in [2.24, 2.45) is 5.73 Å². The summed E-state index contributed by atoms with van der Waals surface area (Å²) in [7, 11) is 0. The van der Waals surface area contributed by atoms with Crippen LogP contribution in [0.25, 0.3) is 0 Å². The molecule has 0 bridgehead atoms. The average molecular weight is 811 g/mol. The molecule has 0 rings (SSSR count). The highest BCUT2D eigenvalue weighted by Crippen LogP contribution is 2.13. The average Bonchev–Trinajstić information content (AvgIpc) is 3.11. The Morgan fingerprint density at radius 1 is 0.632 bits per heavy atom. The van der Waals surface area contributed by atoms with Crippen molar-refractivity contribution in [1.29, 1.82) is 0 Å². The molecule has 0 aromatic rings. The molecule has 0 saturated heterocycles. The molecule has 57 heavy (non-hydrogen) atoms. The van der Waals surface area contributed by atoms with E-state index in [1.54, 1.807) is 55.4 Å². The molecule has 4 unspecified atom stereocenters. The fourth-order valence-corrected chi connectivity index (χ4v) is 4.55. The lowest BCUT2D eigenvalue weighted by Gasteiger charge is -2.26. The molecule has 0 spiro atoms. The van der Waals surface area contributed by atoms with E-state index in [4.69, 9.17) is 20.3 Å². The van der Waals surface area contributed by atoms with Gasteiger partial charge in [-0.1, -0.05) is 27.0 Å². The first-order valence-electron chi connectivity index (χ1n) is 19.0. The van der Waals surface area contributed by atoms with E-state index in [0.29, 0.717) is 38.8 Å². The van der Waals surface area contributed by atoms with Crippen LogP contribution in [0, 0.1) is 0 Å². The summed E-state index contributed by atoms with van der Waals surface area (Å²) in [6.45, 7) is 21.1. The Morgan fingerprint density at radius 3 is 1.39 bits per heavy atom. The lowest BCUT2D eigenvalue weighted by molar-refractivity contribution is -0.157. The van der Waals surface area contributed by atoms with E-state index in [1.165, 1.54) is 0 Å². The Balaban J connectivity index is 0. The van der Waals surface area contributed by atoms with Crippen LogP contribution in [0.15, 0.2) is 25.3 Å². The molecule has 0 fully saturated rings. The van der Waals surface area contributed by atoms with E-state index >= 15 is 0 Å². The number of ketones is 2. The predicted molar refractivity (Wildman–Crippen MR) is 212 cm³/mol. The van der Waals surface area contributed by atoms with Gasteiger partial charge in [-0.3, -0.25) is 33.6 Å². The van der Waals surface area contributed by atoms with Gasteiger partial charge in [0.1, 0.15) is 23.3 Å². The van der Waals surface area contributed by atoms with E-state index in [-0.39, 0.29) is 61.9 Å². The number of nitrogens with two attached hydrogens (primary N) is 1. The van der Waals surface area contributed by atoms with Gasteiger partial charge < -0.3 is 46.9 Å². The number of carbonyl (C=O) groups excluding carboxylic acids is 8. The summed E-state index contributed by atoms with van der Waals surface area (Å²) >= 11 is 0. The number of aliphatic carboxylic acids is 1. The van der Waals surface area contributed by atoms with Crippen LogP contribution >= 0.6 is 0 Å². The molecule has 0 aliphatic heterocycles. The van der Waals surface area contributed by atoms with E-state index in [9.17, 15) is 43.2 Å². The first kappa shape index (κ1) is 54.0. The van der Waals surface area contributed by atoms with Crippen LogP contribution in [0.1, 0.15) is 120 Å². The summed E-state index contributed by atoms with van der Waals surface area (Å²) in [5.74, 6) is -3.57. The molecule has 0 radical (unpaired) electrons. The van der Waals surface area contributed by atoms with Crippen molar-refractivity contribution >= 4 is 53.2 Å². The number of carbonyl (C=O) groups is 9. The van der Waals surface area contributed by atoms with Gasteiger partial charge in [0.05, 0.1) is 12.1 Å². The van der Waals surface area contributed by atoms with E-state index < -0.39 is 65.2 Å². The maximum Gasteiger partial charge on any atom is 0.408 e. The number of amides is 5. The van der Waals surface area contributed by atoms with Crippen LogP contribution in [0.4, 0.5) is 4.79 Å². The normalized spacial score (nSPS) is 13.0. The number of hydrogen-bond acceptors (Lipinski definition) is 12. The van der Waals surface area contributed by atoms with Crippen LogP contribution in [0.2, 0.25) is 0 Å². The zero-order chi connectivity index (χ0) is 44.4. The van der Waals surface area contributed by atoms with Crippen molar-refractivity contribution in [3.63, 3.8) is 0 Å². The molecule has 4 atom stereocenters. The second-order valence-electron chi connectivity index (χ2n) is 14.9. The minimum atomic E-state index is -1.16. The molecular formula is C39H66N6O12. The van der Waals surface area contributed by atoms with E-state index in [1.807, 2.05) is 0 Å². The van der Waals surface area contributed by atoms with Crippen LogP contribution in [0.5, 0.6) is 0 Å². The third-order valence-corrected chi connectivity index (χ3v) is 7.48. The number of ether oxygens (including phenoxy) is 2. The minimum absolute atomic E-state index is 0.0133. The highest BCUT2D eigenvalue weighted by molar-refractivity contribution is 5.91. The Hall–Kier alpha value is -5.13. The van der Waals surface area contributed by atoms with Crippen LogP contribution in [0.3, 0.4) is 0 Å². The number of alkyl carbamates (subject to hydrolysis) is 1. The lowest BCUT2D eigenvalue weighted by atomic mass is 10.0. The zero-order valence-electron chi connectivity index (χ0n) is 34.9. The van der Waals surface area contributed by atoms with E-state index in [0.717, 1.165) is 12.2 Å². The van der Waals surface area contributed by atoms with Crippen molar-refractivity contribution in [1.82, 2.24) is 26.6 Å². The van der Waals surface area contributed by atoms with Crippen molar-refractivity contribution in [2.45, 2.75) is 155 Å². The Bertz CT molecular complexity index is 1390. The third-order valence-electron chi connectivity index (χ3n) is 7.48. The minimum Gasteiger partial charge on any atom is -0.480 e. The second kappa shape index (κ2) is 28.3. The van der Waals surface area contributed by atoms with Gasteiger partial charge in [-0.05, 0) is 92.2 Å². The van der Waals surface area contributed by atoms with Gasteiger partial charge in [-0.2, -0.15) is 0 Å². The Kier molecular flexibility index (Phi) is 26.8. The topological polar surface area (TPSA) is 278 Å². The molecule has 324 valence electrons. The van der Waals surface area contributed by atoms with E-state index in [2.05, 4.69) is 39.7 Å². The molecule has 18 heteroatoms. The van der Waals surface area contributed by atoms with Gasteiger partial charge in [0.25, 0.3) is 0 Å². The number of nitrogens with one attached hydrogen (secondary N) is 5. The third kappa shape index (κ3) is 28.9. The number of Topliss-reactive ketones (excluding diaryl/α,β-unsaturated/α-hetero) is 2. The number of rotatable bonds is 25. The summed E-state index contributed by atoms with van der Waals surface area (Å²) in [4.78, 5) is 106. The summed E-state index contributed by atoms with van der Waals surface area (Å²) in [5.41, 5.74) is 3.78.